The maximum Gasteiger partial charge on any atom is 0.407 e. The second kappa shape index (κ2) is 19.7. The molecule has 4 unspecified atom stereocenters. The molecule has 0 aromatic heterocycles. The first-order chi connectivity index (χ1) is 26.1. The largest absolute Gasteiger partial charge is 0.450 e. The Morgan fingerprint density at radius 3 is 2.19 bits per heavy atom. The van der Waals surface area contributed by atoms with Crippen molar-refractivity contribution in [3.8, 4) is 0 Å². The van der Waals surface area contributed by atoms with Gasteiger partial charge in [0.1, 0.15) is 18.1 Å². The van der Waals surface area contributed by atoms with Crippen LogP contribution in [0, 0.1) is 23.7 Å². The van der Waals surface area contributed by atoms with Gasteiger partial charge in [0.25, 0.3) is 5.91 Å². The van der Waals surface area contributed by atoms with E-state index in [1.54, 1.807) is 42.2 Å². The summed E-state index contributed by atoms with van der Waals surface area (Å²) in [6, 6.07) is 4.79. The number of ketones is 1. The van der Waals surface area contributed by atoms with Crippen LogP contribution in [0.15, 0.2) is 30.3 Å². The van der Waals surface area contributed by atoms with E-state index in [2.05, 4.69) is 26.6 Å². The van der Waals surface area contributed by atoms with Crippen LogP contribution in [-0.4, -0.2) is 91.2 Å². The Hall–Kier alpha value is -4.49. The summed E-state index contributed by atoms with van der Waals surface area (Å²) in [5, 5.41) is 13.3. The lowest BCUT2D eigenvalue weighted by Gasteiger charge is -2.48. The van der Waals surface area contributed by atoms with Crippen LogP contribution in [0.5, 0.6) is 0 Å². The first kappa shape index (κ1) is 40.7. The van der Waals surface area contributed by atoms with Gasteiger partial charge in [0.2, 0.25) is 29.4 Å². The van der Waals surface area contributed by atoms with E-state index in [1.165, 1.54) is 7.05 Å². The highest BCUT2D eigenvalue weighted by Crippen LogP contribution is 2.41. The summed E-state index contributed by atoms with van der Waals surface area (Å²) in [5.41, 5.74) is 0.549. The van der Waals surface area contributed by atoms with Gasteiger partial charge in [-0.05, 0) is 68.3 Å². The van der Waals surface area contributed by atoms with Gasteiger partial charge >= 0.3 is 6.09 Å². The molecule has 54 heavy (non-hydrogen) atoms. The van der Waals surface area contributed by atoms with E-state index in [0.29, 0.717) is 12.1 Å². The van der Waals surface area contributed by atoms with Crippen molar-refractivity contribution in [2.75, 3.05) is 26.7 Å². The highest BCUT2D eigenvalue weighted by atomic mass is 16.5. The number of likely N-dealkylation sites (tertiary alicyclic amines) is 1. The number of piperidine rings is 1. The van der Waals surface area contributed by atoms with Gasteiger partial charge in [-0.15, -0.1) is 0 Å². The fourth-order valence-corrected chi connectivity index (χ4v) is 8.85. The van der Waals surface area contributed by atoms with Crippen LogP contribution < -0.4 is 26.6 Å². The van der Waals surface area contributed by atoms with Gasteiger partial charge in [-0.3, -0.25) is 28.8 Å². The van der Waals surface area contributed by atoms with Crippen molar-refractivity contribution in [3.05, 3.63) is 35.9 Å². The standard InChI is InChI=1S/C40H58N6O8/c1-3-54-40(53)45-33(28-18-8-5-9-19-28)39(52)46-22-21-26-15-10-11-20-29(26)34(46)37(50)43-30(23-25-13-12-14-25)35(48)38(51)42-24-31(47)44-32(36(49)41-2)27-16-6-4-7-17-27/h4,6-7,16-17,25-26,28-30,32-34H,3,5,8-15,18-24H2,1-2H3,(H,41,49)(H,42,51)(H,43,50)(H,44,47)(H,45,53)/t26-,29-,30?,32?,33?,34?/m0/s1. The van der Waals surface area contributed by atoms with Gasteiger partial charge in [-0.25, -0.2) is 4.79 Å². The third kappa shape index (κ3) is 10.4. The zero-order valence-electron chi connectivity index (χ0n) is 31.7. The number of amides is 6. The fourth-order valence-electron chi connectivity index (χ4n) is 8.85. The van der Waals surface area contributed by atoms with Crippen LogP contribution in [-0.2, 0) is 33.5 Å². The molecule has 14 heteroatoms. The Bertz CT molecular complexity index is 1500. The number of fused-ring (bicyclic) bond motifs is 1. The second-order valence-corrected chi connectivity index (χ2v) is 15.4. The molecule has 4 aliphatic rings. The minimum Gasteiger partial charge on any atom is -0.450 e. The number of alkyl carbamates (subject to hydrolysis) is 1. The number of nitrogens with zero attached hydrogens (tertiary/aromatic N) is 1. The summed E-state index contributed by atoms with van der Waals surface area (Å²) in [5.74, 6) is -3.62. The molecular formula is C40H58N6O8. The Morgan fingerprint density at radius 1 is 0.815 bits per heavy atom. The van der Waals surface area contributed by atoms with E-state index < -0.39 is 66.2 Å². The predicted molar refractivity (Wildman–Crippen MR) is 199 cm³/mol. The SMILES string of the molecule is CCOC(=O)NC(C(=O)N1CC[C@@H]2CCCC[C@@H]2C1C(=O)NC(CC1CCC1)C(=O)C(=O)NCC(=O)NC(C(=O)NC)c1ccccc1)C1CCCCC1. The molecule has 296 valence electrons. The number of ether oxygens (including phenoxy) is 1. The summed E-state index contributed by atoms with van der Waals surface area (Å²) < 4.78 is 5.19. The number of benzene rings is 1. The molecule has 6 atom stereocenters. The number of rotatable bonds is 15. The van der Waals surface area contributed by atoms with Crippen molar-refractivity contribution < 1.29 is 38.3 Å². The van der Waals surface area contributed by atoms with E-state index in [0.717, 1.165) is 83.5 Å². The monoisotopic (exact) mass is 750 g/mol. The molecule has 14 nitrogen and oxygen atoms in total. The lowest BCUT2D eigenvalue weighted by Crippen LogP contribution is -2.64. The zero-order valence-corrected chi connectivity index (χ0v) is 31.7. The first-order valence-corrected chi connectivity index (χ1v) is 20.0. The van der Waals surface area contributed by atoms with Gasteiger partial charge in [0.15, 0.2) is 0 Å². The van der Waals surface area contributed by atoms with Crippen molar-refractivity contribution in [1.82, 2.24) is 31.5 Å². The molecule has 0 bridgehead atoms. The molecule has 5 N–H and O–H groups in total. The summed E-state index contributed by atoms with van der Waals surface area (Å²) in [6.45, 7) is 1.66. The quantitative estimate of drug-likeness (QED) is 0.169. The van der Waals surface area contributed by atoms with Gasteiger partial charge in [-0.1, -0.05) is 88.1 Å². The Labute approximate surface area is 318 Å². The third-order valence-electron chi connectivity index (χ3n) is 11.9. The van der Waals surface area contributed by atoms with Crippen molar-refractivity contribution in [2.24, 2.45) is 23.7 Å². The van der Waals surface area contributed by atoms with Crippen LogP contribution in [0.1, 0.15) is 108 Å². The fraction of sp³-hybridized carbons (Fsp3) is 0.675. The molecule has 1 aromatic rings. The number of hydrogen-bond acceptors (Lipinski definition) is 8. The van der Waals surface area contributed by atoms with E-state index in [-0.39, 0.29) is 42.6 Å². The summed E-state index contributed by atoms with van der Waals surface area (Å²) >= 11 is 0. The average molecular weight is 751 g/mol. The first-order valence-electron chi connectivity index (χ1n) is 20.0. The molecule has 1 saturated heterocycles. The van der Waals surface area contributed by atoms with Crippen molar-refractivity contribution in [1.29, 1.82) is 0 Å². The van der Waals surface area contributed by atoms with Crippen molar-refractivity contribution in [2.45, 2.75) is 121 Å². The molecule has 0 spiro atoms. The molecule has 4 fully saturated rings. The van der Waals surface area contributed by atoms with E-state index in [4.69, 9.17) is 4.74 Å². The summed E-state index contributed by atoms with van der Waals surface area (Å²) in [6.07, 6.45) is 11.3. The maximum atomic E-state index is 14.5. The molecule has 1 aromatic carbocycles. The second-order valence-electron chi connectivity index (χ2n) is 15.4. The molecule has 1 aliphatic heterocycles. The number of hydrogen-bond donors (Lipinski definition) is 5. The molecule has 3 saturated carbocycles. The molecular weight excluding hydrogens is 692 g/mol. The average Bonchev–Trinajstić information content (AvgIpc) is 3.18. The number of Topliss-reactive ketones (excluding diaryl/α,β-unsaturated/α-hetero) is 1. The number of likely N-dealkylation sites (N-methyl/N-ethyl adjacent to an activating group) is 1. The molecule has 0 radical (unpaired) electrons. The molecule has 3 aliphatic carbocycles. The summed E-state index contributed by atoms with van der Waals surface area (Å²) in [4.78, 5) is 95.9. The van der Waals surface area contributed by atoms with Crippen LogP contribution in [0.3, 0.4) is 0 Å². The maximum absolute atomic E-state index is 14.5. The molecule has 5 rings (SSSR count). The predicted octanol–water partition coefficient (Wildman–Crippen LogP) is 3.05. The molecule has 6 amide bonds. The van der Waals surface area contributed by atoms with E-state index >= 15 is 0 Å². The minimum atomic E-state index is -1.15. The van der Waals surface area contributed by atoms with E-state index in [9.17, 15) is 33.6 Å². The highest BCUT2D eigenvalue weighted by Gasteiger charge is 2.48. The Morgan fingerprint density at radius 2 is 1.52 bits per heavy atom. The van der Waals surface area contributed by atoms with Crippen molar-refractivity contribution in [3.63, 3.8) is 0 Å². The van der Waals surface area contributed by atoms with Gasteiger partial charge < -0.3 is 36.2 Å². The third-order valence-corrected chi connectivity index (χ3v) is 11.9. The Kier molecular flexibility index (Phi) is 14.9. The minimum absolute atomic E-state index is 0.0865. The lowest BCUT2D eigenvalue weighted by molar-refractivity contribution is -0.151. The van der Waals surface area contributed by atoms with Crippen LogP contribution in [0.4, 0.5) is 4.79 Å². The van der Waals surface area contributed by atoms with Crippen LogP contribution in [0.25, 0.3) is 0 Å². The topological polar surface area (TPSA) is 192 Å². The van der Waals surface area contributed by atoms with Crippen molar-refractivity contribution >= 4 is 41.4 Å². The smallest absolute Gasteiger partial charge is 0.407 e. The Balaban J connectivity index is 1.31. The van der Waals surface area contributed by atoms with Crippen LogP contribution >= 0.6 is 0 Å². The number of nitrogens with one attached hydrogen (secondary N) is 5. The summed E-state index contributed by atoms with van der Waals surface area (Å²) in [7, 11) is 1.45. The van der Waals surface area contributed by atoms with Gasteiger partial charge in [0.05, 0.1) is 19.2 Å². The number of carbonyl (C=O) groups is 7. The molecule has 1 heterocycles. The van der Waals surface area contributed by atoms with Gasteiger partial charge in [0, 0.05) is 13.6 Å². The number of carbonyl (C=O) groups excluding carboxylic acids is 7. The lowest BCUT2D eigenvalue weighted by atomic mass is 9.70. The van der Waals surface area contributed by atoms with E-state index in [1.807, 2.05) is 0 Å². The highest BCUT2D eigenvalue weighted by molar-refractivity contribution is 6.38. The van der Waals surface area contributed by atoms with Gasteiger partial charge in [-0.2, -0.15) is 0 Å². The zero-order chi connectivity index (χ0) is 38.6. The normalized spacial score (nSPS) is 23.2. The van der Waals surface area contributed by atoms with Crippen LogP contribution in [0.2, 0.25) is 0 Å².